The normalized spacial score (nSPS) is 13.0. The molecular weight excluding hydrogens is 422 g/mol. The summed E-state index contributed by atoms with van der Waals surface area (Å²) in [5.74, 6) is 0.320. The molecule has 0 unspecified atom stereocenters. The lowest BCUT2D eigenvalue weighted by atomic mass is 9.87. The van der Waals surface area contributed by atoms with Gasteiger partial charge in [0.1, 0.15) is 5.75 Å². The van der Waals surface area contributed by atoms with Gasteiger partial charge >= 0.3 is 0 Å². The number of ether oxygens (including phenoxy) is 1. The zero-order valence-electron chi connectivity index (χ0n) is 18.4. The molecule has 0 saturated heterocycles. The second kappa shape index (κ2) is 10.3. The van der Waals surface area contributed by atoms with Crippen molar-refractivity contribution in [2.75, 3.05) is 0 Å². The van der Waals surface area contributed by atoms with E-state index in [1.807, 2.05) is 37.3 Å². The van der Waals surface area contributed by atoms with Crippen LogP contribution in [0.1, 0.15) is 43.5 Å². The smallest absolute Gasteiger partial charge is 0.263 e. The standard InChI is InChI=1S/C26H26ClN3O2/c1-18(30-25(31)26(2,3)32-23-13-9-19(16-28)10-14-23)24(20-7-5-4-6-8-20)15-22-12-11-21(27)17-29-22/h4-14,17-18,24H,15H2,1-3H3,(H,30,31)/t18-,24+/m0/s1. The van der Waals surface area contributed by atoms with E-state index in [-0.39, 0.29) is 17.9 Å². The molecule has 1 N–H and O–H groups in total. The number of nitriles is 1. The second-order valence-electron chi connectivity index (χ2n) is 8.20. The first-order valence-corrected chi connectivity index (χ1v) is 10.8. The van der Waals surface area contributed by atoms with E-state index in [2.05, 4.69) is 28.5 Å². The quantitative estimate of drug-likeness (QED) is 0.508. The average molecular weight is 448 g/mol. The molecule has 0 spiro atoms. The molecule has 3 rings (SSSR count). The van der Waals surface area contributed by atoms with Crippen LogP contribution in [0.4, 0.5) is 0 Å². The van der Waals surface area contributed by atoms with Crippen LogP contribution in [0, 0.1) is 11.3 Å². The zero-order valence-corrected chi connectivity index (χ0v) is 19.1. The first-order valence-electron chi connectivity index (χ1n) is 10.4. The number of nitrogens with zero attached hydrogens (tertiary/aromatic N) is 2. The number of hydrogen-bond acceptors (Lipinski definition) is 4. The molecule has 0 aliphatic carbocycles. The average Bonchev–Trinajstić information content (AvgIpc) is 2.79. The Balaban J connectivity index is 1.74. The summed E-state index contributed by atoms with van der Waals surface area (Å²) in [6, 6.07) is 22.4. The first kappa shape index (κ1) is 23.3. The van der Waals surface area contributed by atoms with Gasteiger partial charge in [0.05, 0.1) is 16.7 Å². The number of aromatic nitrogens is 1. The maximum atomic E-state index is 13.1. The number of carbonyl (C=O) groups is 1. The molecule has 0 aliphatic heterocycles. The van der Waals surface area contributed by atoms with Crippen molar-refractivity contribution in [1.82, 2.24) is 10.3 Å². The Hall–Kier alpha value is -3.36. The molecule has 164 valence electrons. The van der Waals surface area contributed by atoms with Crippen LogP contribution >= 0.6 is 11.6 Å². The van der Waals surface area contributed by atoms with Crippen LogP contribution in [0.25, 0.3) is 0 Å². The molecule has 1 amide bonds. The number of rotatable bonds is 8. The molecule has 0 aliphatic rings. The summed E-state index contributed by atoms with van der Waals surface area (Å²) in [6.07, 6.45) is 2.29. The molecule has 2 aromatic carbocycles. The molecule has 1 aromatic heterocycles. The van der Waals surface area contributed by atoms with Crippen LogP contribution in [0.2, 0.25) is 5.02 Å². The van der Waals surface area contributed by atoms with Gasteiger partial charge in [-0.3, -0.25) is 9.78 Å². The fraction of sp³-hybridized carbons (Fsp3) is 0.269. The van der Waals surface area contributed by atoms with Crippen LogP contribution in [0.15, 0.2) is 72.9 Å². The SMILES string of the molecule is C[C@H](NC(=O)C(C)(C)Oc1ccc(C#N)cc1)[C@@H](Cc1ccc(Cl)cn1)c1ccccc1. The van der Waals surface area contributed by atoms with Crippen LogP contribution in [0.5, 0.6) is 5.75 Å². The fourth-order valence-corrected chi connectivity index (χ4v) is 3.57. The highest BCUT2D eigenvalue weighted by atomic mass is 35.5. The van der Waals surface area contributed by atoms with E-state index in [0.29, 0.717) is 22.8 Å². The molecule has 0 radical (unpaired) electrons. The van der Waals surface area contributed by atoms with E-state index < -0.39 is 5.60 Å². The number of hydrogen-bond donors (Lipinski definition) is 1. The largest absolute Gasteiger partial charge is 0.478 e. The van der Waals surface area contributed by atoms with E-state index in [1.165, 1.54) is 0 Å². The van der Waals surface area contributed by atoms with Crippen molar-refractivity contribution in [3.05, 3.63) is 94.8 Å². The van der Waals surface area contributed by atoms with E-state index in [9.17, 15) is 4.79 Å². The van der Waals surface area contributed by atoms with Gasteiger partial charge in [-0.1, -0.05) is 41.9 Å². The minimum atomic E-state index is -1.10. The van der Waals surface area contributed by atoms with Crippen molar-refractivity contribution in [3.63, 3.8) is 0 Å². The second-order valence-corrected chi connectivity index (χ2v) is 8.64. The maximum absolute atomic E-state index is 13.1. The van der Waals surface area contributed by atoms with Gasteiger partial charge in [-0.2, -0.15) is 5.26 Å². The summed E-state index contributed by atoms with van der Waals surface area (Å²) in [6.45, 7) is 5.44. The van der Waals surface area contributed by atoms with Crippen molar-refractivity contribution < 1.29 is 9.53 Å². The number of amides is 1. The molecule has 32 heavy (non-hydrogen) atoms. The summed E-state index contributed by atoms with van der Waals surface area (Å²) >= 11 is 5.98. The zero-order chi connectivity index (χ0) is 23.1. The lowest BCUT2D eigenvalue weighted by molar-refractivity contribution is -0.135. The Morgan fingerprint density at radius 1 is 1.12 bits per heavy atom. The summed E-state index contributed by atoms with van der Waals surface area (Å²) in [5, 5.41) is 12.7. The van der Waals surface area contributed by atoms with Crippen LogP contribution in [-0.4, -0.2) is 22.5 Å². The van der Waals surface area contributed by atoms with Gasteiger partial charge in [0, 0.05) is 23.9 Å². The number of pyridine rings is 1. The number of carbonyl (C=O) groups excluding carboxylic acids is 1. The molecule has 1 heterocycles. The Morgan fingerprint density at radius 3 is 2.41 bits per heavy atom. The topological polar surface area (TPSA) is 75.0 Å². The van der Waals surface area contributed by atoms with Gasteiger partial charge in [-0.05, 0) is 69.2 Å². The van der Waals surface area contributed by atoms with Crippen LogP contribution in [0.3, 0.4) is 0 Å². The molecule has 2 atom stereocenters. The van der Waals surface area contributed by atoms with Gasteiger partial charge in [0.2, 0.25) is 0 Å². The van der Waals surface area contributed by atoms with Crippen molar-refractivity contribution in [2.24, 2.45) is 0 Å². The van der Waals surface area contributed by atoms with Gasteiger partial charge in [-0.15, -0.1) is 0 Å². The van der Waals surface area contributed by atoms with Crippen LogP contribution < -0.4 is 10.1 Å². The van der Waals surface area contributed by atoms with Gasteiger partial charge in [-0.25, -0.2) is 0 Å². The van der Waals surface area contributed by atoms with Crippen molar-refractivity contribution >= 4 is 17.5 Å². The Kier molecular flexibility index (Phi) is 7.50. The maximum Gasteiger partial charge on any atom is 0.263 e. The highest BCUT2D eigenvalue weighted by Gasteiger charge is 2.33. The van der Waals surface area contributed by atoms with Gasteiger partial charge in [0.15, 0.2) is 5.60 Å². The Morgan fingerprint density at radius 2 is 1.81 bits per heavy atom. The summed E-state index contributed by atoms with van der Waals surface area (Å²) in [7, 11) is 0. The van der Waals surface area contributed by atoms with E-state index in [4.69, 9.17) is 21.6 Å². The highest BCUT2D eigenvalue weighted by molar-refractivity contribution is 6.30. The molecule has 0 fully saturated rings. The predicted molar refractivity (Wildman–Crippen MR) is 126 cm³/mol. The van der Waals surface area contributed by atoms with E-state index in [0.717, 1.165) is 11.3 Å². The van der Waals surface area contributed by atoms with Crippen molar-refractivity contribution in [3.8, 4) is 11.8 Å². The monoisotopic (exact) mass is 447 g/mol. The number of benzene rings is 2. The third-order valence-corrected chi connectivity index (χ3v) is 5.53. The highest BCUT2D eigenvalue weighted by Crippen LogP contribution is 2.26. The lowest BCUT2D eigenvalue weighted by Crippen LogP contribution is -2.51. The summed E-state index contributed by atoms with van der Waals surface area (Å²) < 4.78 is 5.93. The van der Waals surface area contributed by atoms with E-state index >= 15 is 0 Å². The third kappa shape index (κ3) is 6.09. The number of halogens is 1. The molecule has 6 heteroatoms. The molecule has 0 bridgehead atoms. The minimum absolute atomic E-state index is 0.0135. The predicted octanol–water partition coefficient (Wildman–Crippen LogP) is 5.30. The van der Waals surface area contributed by atoms with Gasteiger partial charge < -0.3 is 10.1 Å². The first-order chi connectivity index (χ1) is 15.3. The van der Waals surface area contributed by atoms with Crippen molar-refractivity contribution in [1.29, 1.82) is 5.26 Å². The Bertz CT molecular complexity index is 1070. The molecule has 3 aromatic rings. The molecular formula is C26H26ClN3O2. The third-order valence-electron chi connectivity index (χ3n) is 5.31. The van der Waals surface area contributed by atoms with Crippen molar-refractivity contribution in [2.45, 2.75) is 44.8 Å². The summed E-state index contributed by atoms with van der Waals surface area (Å²) in [4.78, 5) is 17.5. The summed E-state index contributed by atoms with van der Waals surface area (Å²) in [5.41, 5.74) is 1.46. The number of nitrogens with one attached hydrogen (secondary N) is 1. The lowest BCUT2D eigenvalue weighted by Gasteiger charge is -2.31. The van der Waals surface area contributed by atoms with Gasteiger partial charge in [0.25, 0.3) is 5.91 Å². The van der Waals surface area contributed by atoms with Crippen LogP contribution in [-0.2, 0) is 11.2 Å². The Labute approximate surface area is 194 Å². The fourth-order valence-electron chi connectivity index (χ4n) is 3.46. The minimum Gasteiger partial charge on any atom is -0.478 e. The molecule has 0 saturated carbocycles. The molecule has 5 nitrogen and oxygen atoms in total. The van der Waals surface area contributed by atoms with E-state index in [1.54, 1.807) is 44.3 Å².